The molecule has 0 aliphatic rings. The molecule has 0 radical (unpaired) electrons. The fourth-order valence-corrected chi connectivity index (χ4v) is 2.72. The van der Waals surface area contributed by atoms with Crippen LogP contribution in [0.25, 0.3) is 0 Å². The van der Waals surface area contributed by atoms with Gasteiger partial charge in [-0.05, 0) is 41.5 Å². The van der Waals surface area contributed by atoms with Crippen molar-refractivity contribution in [2.45, 2.75) is 10.9 Å². The number of rotatable bonds is 3. The minimum absolute atomic E-state index is 0.207. The van der Waals surface area contributed by atoms with E-state index in [2.05, 4.69) is 0 Å². The van der Waals surface area contributed by atoms with E-state index in [1.54, 1.807) is 12.1 Å². The van der Waals surface area contributed by atoms with Gasteiger partial charge in [-0.2, -0.15) is 0 Å². The molecule has 1 unspecified atom stereocenters. The van der Waals surface area contributed by atoms with Crippen molar-refractivity contribution in [3.05, 3.63) is 64.4 Å². The van der Waals surface area contributed by atoms with Crippen LogP contribution < -0.4 is 5.73 Å². The van der Waals surface area contributed by atoms with Crippen LogP contribution in [0, 0.1) is 5.82 Å². The molecular formula is C14H13ClFNO2S. The second-order valence-corrected chi connectivity index (χ2v) is 6.91. The van der Waals surface area contributed by atoms with E-state index in [9.17, 15) is 12.8 Å². The molecule has 1 atom stereocenters. The zero-order valence-electron chi connectivity index (χ0n) is 10.7. The van der Waals surface area contributed by atoms with Crippen molar-refractivity contribution in [2.75, 3.05) is 6.26 Å². The van der Waals surface area contributed by atoms with Crippen LogP contribution in [0.4, 0.5) is 4.39 Å². The number of hydrogen-bond acceptors (Lipinski definition) is 3. The minimum atomic E-state index is -3.25. The van der Waals surface area contributed by atoms with E-state index in [0.29, 0.717) is 16.1 Å². The second-order valence-electron chi connectivity index (χ2n) is 4.48. The second kappa shape index (κ2) is 5.52. The normalized spacial score (nSPS) is 13.2. The van der Waals surface area contributed by atoms with Crippen molar-refractivity contribution in [3.63, 3.8) is 0 Å². The van der Waals surface area contributed by atoms with Crippen molar-refractivity contribution >= 4 is 21.4 Å². The van der Waals surface area contributed by atoms with Crippen molar-refractivity contribution < 1.29 is 12.8 Å². The summed E-state index contributed by atoms with van der Waals surface area (Å²) >= 11 is 6.00. The number of hydrogen-bond donors (Lipinski definition) is 1. The summed E-state index contributed by atoms with van der Waals surface area (Å²) in [5.41, 5.74) is 7.16. The van der Waals surface area contributed by atoms with E-state index in [-0.39, 0.29) is 4.90 Å². The lowest BCUT2D eigenvalue weighted by Crippen LogP contribution is -2.13. The Labute approximate surface area is 122 Å². The molecule has 106 valence electrons. The Hall–Kier alpha value is -1.43. The summed E-state index contributed by atoms with van der Waals surface area (Å²) in [4.78, 5) is 0.207. The Balaban J connectivity index is 2.39. The van der Waals surface area contributed by atoms with Gasteiger partial charge in [-0.3, -0.25) is 0 Å². The third kappa shape index (κ3) is 3.17. The average molecular weight is 314 g/mol. The molecule has 0 aromatic heterocycles. The molecule has 0 spiro atoms. The Bertz CT molecular complexity index is 729. The van der Waals surface area contributed by atoms with Gasteiger partial charge in [0.2, 0.25) is 0 Å². The molecule has 6 heteroatoms. The molecule has 2 aromatic carbocycles. The first-order valence-corrected chi connectivity index (χ1v) is 8.06. The predicted octanol–water partition coefficient (Wildman–Crippen LogP) is 2.93. The highest BCUT2D eigenvalue weighted by molar-refractivity contribution is 7.90. The van der Waals surface area contributed by atoms with Crippen LogP contribution in [0.5, 0.6) is 0 Å². The molecule has 0 fully saturated rings. The van der Waals surface area contributed by atoms with Gasteiger partial charge in [0, 0.05) is 11.3 Å². The highest BCUT2D eigenvalue weighted by atomic mass is 35.5. The quantitative estimate of drug-likeness (QED) is 0.947. The first kappa shape index (κ1) is 15.0. The van der Waals surface area contributed by atoms with Crippen molar-refractivity contribution in [2.24, 2.45) is 5.73 Å². The van der Waals surface area contributed by atoms with Crippen LogP contribution in [0.2, 0.25) is 5.02 Å². The van der Waals surface area contributed by atoms with Gasteiger partial charge in [-0.1, -0.05) is 23.7 Å². The molecule has 0 aliphatic heterocycles. The molecule has 0 aliphatic carbocycles. The van der Waals surface area contributed by atoms with Gasteiger partial charge in [0.1, 0.15) is 5.82 Å². The highest BCUT2D eigenvalue weighted by Crippen LogP contribution is 2.27. The average Bonchev–Trinajstić information content (AvgIpc) is 2.40. The zero-order valence-corrected chi connectivity index (χ0v) is 12.2. The van der Waals surface area contributed by atoms with E-state index in [1.165, 1.54) is 30.3 Å². The van der Waals surface area contributed by atoms with Crippen LogP contribution in [-0.2, 0) is 9.84 Å². The summed E-state index contributed by atoms with van der Waals surface area (Å²) in [5.74, 6) is -0.424. The van der Waals surface area contributed by atoms with Gasteiger partial charge in [-0.15, -0.1) is 0 Å². The molecule has 2 aromatic rings. The van der Waals surface area contributed by atoms with Gasteiger partial charge in [0.15, 0.2) is 9.84 Å². The minimum Gasteiger partial charge on any atom is -0.320 e. The molecule has 0 saturated heterocycles. The highest BCUT2D eigenvalue weighted by Gasteiger charge is 2.14. The molecule has 0 amide bonds. The summed E-state index contributed by atoms with van der Waals surface area (Å²) in [7, 11) is -3.25. The maximum atomic E-state index is 13.3. The van der Waals surface area contributed by atoms with Gasteiger partial charge >= 0.3 is 0 Å². The first-order valence-electron chi connectivity index (χ1n) is 5.79. The van der Waals surface area contributed by atoms with Gasteiger partial charge in [0.25, 0.3) is 0 Å². The molecule has 2 rings (SSSR count). The summed E-state index contributed by atoms with van der Waals surface area (Å²) in [6.07, 6.45) is 1.13. The third-order valence-corrected chi connectivity index (χ3v) is 4.43. The maximum absolute atomic E-state index is 13.3. The lowest BCUT2D eigenvalue weighted by Gasteiger charge is -2.14. The predicted molar refractivity (Wildman–Crippen MR) is 77.0 cm³/mol. The van der Waals surface area contributed by atoms with Crippen molar-refractivity contribution in [3.8, 4) is 0 Å². The molecule has 3 nitrogen and oxygen atoms in total. The molecule has 20 heavy (non-hydrogen) atoms. The molecule has 0 bridgehead atoms. The Morgan fingerprint density at radius 1 is 1.15 bits per heavy atom. The standard InChI is InChI=1S/C14H13ClFNO2S/c1-20(18,19)11-5-2-9(3-6-11)14(17)12-8-10(16)4-7-13(12)15/h2-8,14H,17H2,1H3. The Morgan fingerprint density at radius 3 is 2.30 bits per heavy atom. The molecule has 2 N–H and O–H groups in total. The largest absolute Gasteiger partial charge is 0.320 e. The van der Waals surface area contributed by atoms with Crippen LogP contribution >= 0.6 is 11.6 Å². The summed E-state index contributed by atoms with van der Waals surface area (Å²) < 4.78 is 36.0. The van der Waals surface area contributed by atoms with E-state index in [1.807, 2.05) is 0 Å². The third-order valence-electron chi connectivity index (χ3n) is 2.96. The molecule has 0 heterocycles. The maximum Gasteiger partial charge on any atom is 0.175 e. The lowest BCUT2D eigenvalue weighted by atomic mass is 9.99. The van der Waals surface area contributed by atoms with E-state index in [0.717, 1.165) is 6.26 Å². The van der Waals surface area contributed by atoms with E-state index >= 15 is 0 Å². The summed E-state index contributed by atoms with van der Waals surface area (Å²) in [5, 5.41) is 0.367. The first-order chi connectivity index (χ1) is 9.29. The van der Waals surface area contributed by atoms with Crippen LogP contribution in [0.15, 0.2) is 47.4 Å². The lowest BCUT2D eigenvalue weighted by molar-refractivity contribution is 0.602. The fourth-order valence-electron chi connectivity index (χ4n) is 1.85. The summed E-state index contributed by atoms with van der Waals surface area (Å²) in [6.45, 7) is 0. The van der Waals surface area contributed by atoms with E-state index < -0.39 is 21.7 Å². The topological polar surface area (TPSA) is 60.2 Å². The zero-order chi connectivity index (χ0) is 14.9. The van der Waals surface area contributed by atoms with Crippen LogP contribution in [-0.4, -0.2) is 14.7 Å². The van der Waals surface area contributed by atoms with Gasteiger partial charge in [0.05, 0.1) is 10.9 Å². The van der Waals surface area contributed by atoms with Gasteiger partial charge in [-0.25, -0.2) is 12.8 Å². The van der Waals surface area contributed by atoms with Gasteiger partial charge < -0.3 is 5.73 Å². The van der Waals surface area contributed by atoms with Crippen LogP contribution in [0.3, 0.4) is 0 Å². The molecular weight excluding hydrogens is 301 g/mol. The SMILES string of the molecule is CS(=O)(=O)c1ccc(C(N)c2cc(F)ccc2Cl)cc1. The Kier molecular flexibility index (Phi) is 4.13. The number of nitrogens with two attached hydrogens (primary N) is 1. The van der Waals surface area contributed by atoms with Crippen LogP contribution in [0.1, 0.15) is 17.2 Å². The number of halogens is 2. The Morgan fingerprint density at radius 2 is 1.75 bits per heavy atom. The number of sulfone groups is 1. The van der Waals surface area contributed by atoms with Crippen molar-refractivity contribution in [1.82, 2.24) is 0 Å². The van der Waals surface area contributed by atoms with Crippen molar-refractivity contribution in [1.29, 1.82) is 0 Å². The van der Waals surface area contributed by atoms with E-state index in [4.69, 9.17) is 17.3 Å². The summed E-state index contributed by atoms with van der Waals surface area (Å²) in [6, 6.07) is 9.49. The fraction of sp³-hybridized carbons (Fsp3) is 0.143. The number of benzene rings is 2. The smallest absolute Gasteiger partial charge is 0.175 e. The molecule has 0 saturated carbocycles. The monoisotopic (exact) mass is 313 g/mol.